The van der Waals surface area contributed by atoms with Gasteiger partial charge in [0.2, 0.25) is 0 Å². The van der Waals surface area contributed by atoms with Gasteiger partial charge in [-0.3, -0.25) is 9.59 Å². The van der Waals surface area contributed by atoms with Gasteiger partial charge in [0.1, 0.15) is 11.7 Å². The molecule has 1 fully saturated rings. The standard InChI is InChI=1S/C19H34O5/c1-12(2)17(14(4)22-11-15-8-9-15)23-18(21)13(3)10-16(20)24-19(5,6)7/h12-15,17H,8-11H2,1-7H3/t13-,14+,17-/m1/s1. The summed E-state index contributed by atoms with van der Waals surface area (Å²) >= 11 is 0. The van der Waals surface area contributed by atoms with Gasteiger partial charge in [-0.25, -0.2) is 0 Å². The van der Waals surface area contributed by atoms with Gasteiger partial charge in [0.25, 0.3) is 0 Å². The first-order chi connectivity index (χ1) is 11.0. The van der Waals surface area contributed by atoms with Crippen LogP contribution >= 0.6 is 0 Å². The number of carbonyl (C=O) groups is 2. The molecule has 1 aliphatic rings. The first-order valence-corrected chi connectivity index (χ1v) is 9.03. The third kappa shape index (κ3) is 8.13. The smallest absolute Gasteiger partial charge is 0.309 e. The third-order valence-electron chi connectivity index (χ3n) is 3.96. The second-order valence-corrected chi connectivity index (χ2v) is 8.32. The van der Waals surface area contributed by atoms with E-state index in [0.717, 1.165) is 6.61 Å². The Morgan fingerprint density at radius 2 is 1.67 bits per heavy atom. The predicted octanol–water partition coefficient (Wildman–Crippen LogP) is 3.74. The molecule has 0 aliphatic heterocycles. The second-order valence-electron chi connectivity index (χ2n) is 8.32. The molecule has 0 saturated heterocycles. The van der Waals surface area contributed by atoms with Crippen LogP contribution in [0.3, 0.4) is 0 Å². The molecule has 3 atom stereocenters. The zero-order chi connectivity index (χ0) is 18.5. The van der Waals surface area contributed by atoms with E-state index in [4.69, 9.17) is 14.2 Å². The predicted molar refractivity (Wildman–Crippen MR) is 92.5 cm³/mol. The Kier molecular flexibility index (Phi) is 7.71. The highest BCUT2D eigenvalue weighted by Gasteiger charge is 2.31. The lowest BCUT2D eigenvalue weighted by atomic mass is 10.0. The highest BCUT2D eigenvalue weighted by atomic mass is 16.6. The van der Waals surface area contributed by atoms with Gasteiger partial charge in [-0.15, -0.1) is 0 Å². The van der Waals surface area contributed by atoms with Crippen molar-refractivity contribution in [3.8, 4) is 0 Å². The third-order valence-corrected chi connectivity index (χ3v) is 3.96. The topological polar surface area (TPSA) is 61.8 Å². The maximum atomic E-state index is 12.3. The van der Waals surface area contributed by atoms with E-state index in [2.05, 4.69) is 0 Å². The van der Waals surface area contributed by atoms with Crippen LogP contribution in [0.1, 0.15) is 67.7 Å². The van der Waals surface area contributed by atoms with E-state index in [9.17, 15) is 9.59 Å². The van der Waals surface area contributed by atoms with Gasteiger partial charge in [-0.05, 0) is 52.4 Å². The number of ether oxygens (including phenoxy) is 3. The Morgan fingerprint density at radius 1 is 1.08 bits per heavy atom. The first kappa shape index (κ1) is 20.9. The van der Waals surface area contributed by atoms with Crippen LogP contribution < -0.4 is 0 Å². The normalized spacial score (nSPS) is 18.8. The molecule has 0 unspecified atom stereocenters. The summed E-state index contributed by atoms with van der Waals surface area (Å²) in [6.07, 6.45) is 2.02. The molecule has 0 heterocycles. The number of hydrogen-bond donors (Lipinski definition) is 0. The van der Waals surface area contributed by atoms with Gasteiger partial charge in [0.05, 0.1) is 18.4 Å². The molecule has 1 aliphatic carbocycles. The quantitative estimate of drug-likeness (QED) is 0.597. The Bertz CT molecular complexity index is 420. The molecule has 140 valence electrons. The van der Waals surface area contributed by atoms with Crippen LogP contribution in [0.25, 0.3) is 0 Å². The summed E-state index contributed by atoms with van der Waals surface area (Å²) in [5, 5.41) is 0. The fraction of sp³-hybridized carbons (Fsp3) is 0.895. The monoisotopic (exact) mass is 342 g/mol. The average molecular weight is 342 g/mol. The maximum Gasteiger partial charge on any atom is 0.309 e. The van der Waals surface area contributed by atoms with Gasteiger partial charge in [-0.2, -0.15) is 0 Å². The molecule has 0 aromatic carbocycles. The van der Waals surface area contributed by atoms with Gasteiger partial charge in [0, 0.05) is 6.61 Å². The number of rotatable bonds is 9. The number of esters is 2. The minimum atomic E-state index is -0.549. The van der Waals surface area contributed by atoms with Crippen molar-refractivity contribution >= 4 is 11.9 Å². The van der Waals surface area contributed by atoms with Gasteiger partial charge >= 0.3 is 11.9 Å². The molecule has 1 saturated carbocycles. The Hall–Kier alpha value is -1.10. The lowest BCUT2D eigenvalue weighted by Crippen LogP contribution is -2.38. The van der Waals surface area contributed by atoms with Crippen molar-refractivity contribution in [2.24, 2.45) is 17.8 Å². The van der Waals surface area contributed by atoms with E-state index in [0.29, 0.717) is 5.92 Å². The van der Waals surface area contributed by atoms with Crippen LogP contribution in [-0.4, -0.2) is 36.4 Å². The molecule has 5 nitrogen and oxygen atoms in total. The molecule has 0 aromatic heterocycles. The molecule has 0 radical (unpaired) electrons. The van der Waals surface area contributed by atoms with Crippen molar-refractivity contribution in [1.82, 2.24) is 0 Å². The second kappa shape index (κ2) is 8.84. The highest BCUT2D eigenvalue weighted by molar-refractivity contribution is 5.79. The summed E-state index contributed by atoms with van der Waals surface area (Å²) in [5.74, 6) is -0.469. The van der Waals surface area contributed by atoms with Gasteiger partial charge in [-0.1, -0.05) is 20.8 Å². The van der Waals surface area contributed by atoms with E-state index in [1.165, 1.54) is 12.8 Å². The van der Waals surface area contributed by atoms with Crippen molar-refractivity contribution in [1.29, 1.82) is 0 Å². The summed E-state index contributed by atoms with van der Waals surface area (Å²) in [6.45, 7) is 13.8. The van der Waals surface area contributed by atoms with Crippen molar-refractivity contribution in [2.75, 3.05) is 6.61 Å². The largest absolute Gasteiger partial charge is 0.460 e. The zero-order valence-electron chi connectivity index (χ0n) is 16.3. The molecule has 24 heavy (non-hydrogen) atoms. The Morgan fingerprint density at radius 3 is 2.12 bits per heavy atom. The highest BCUT2D eigenvalue weighted by Crippen LogP contribution is 2.30. The van der Waals surface area contributed by atoms with Crippen LogP contribution in [0, 0.1) is 17.8 Å². The molecular weight excluding hydrogens is 308 g/mol. The van der Waals surface area contributed by atoms with E-state index in [-0.39, 0.29) is 36.5 Å². The fourth-order valence-corrected chi connectivity index (χ4v) is 2.41. The summed E-state index contributed by atoms with van der Waals surface area (Å²) in [6, 6.07) is 0. The average Bonchev–Trinajstić information content (AvgIpc) is 3.23. The number of hydrogen-bond acceptors (Lipinski definition) is 5. The summed E-state index contributed by atoms with van der Waals surface area (Å²) in [4.78, 5) is 24.2. The minimum absolute atomic E-state index is 0.0260. The van der Waals surface area contributed by atoms with Crippen LogP contribution in [-0.2, 0) is 23.8 Å². The first-order valence-electron chi connectivity index (χ1n) is 9.03. The van der Waals surface area contributed by atoms with Crippen molar-refractivity contribution < 1.29 is 23.8 Å². The van der Waals surface area contributed by atoms with Crippen LogP contribution in [0.4, 0.5) is 0 Å². The molecule has 0 bridgehead atoms. The molecule has 0 N–H and O–H groups in total. The molecule has 1 rings (SSSR count). The van der Waals surface area contributed by atoms with Crippen LogP contribution in [0.2, 0.25) is 0 Å². The Balaban J connectivity index is 2.48. The van der Waals surface area contributed by atoms with E-state index >= 15 is 0 Å². The van der Waals surface area contributed by atoms with Crippen molar-refractivity contribution in [3.05, 3.63) is 0 Å². The van der Waals surface area contributed by atoms with E-state index in [1.807, 2.05) is 41.5 Å². The van der Waals surface area contributed by atoms with Gasteiger partial charge in [0.15, 0.2) is 0 Å². The van der Waals surface area contributed by atoms with Crippen molar-refractivity contribution in [2.45, 2.75) is 85.5 Å². The van der Waals surface area contributed by atoms with Crippen LogP contribution in [0.15, 0.2) is 0 Å². The SMILES string of the molecule is CC(C)[C@@H](OC(=O)[C@H](C)CC(=O)OC(C)(C)C)[C@H](C)OCC1CC1. The van der Waals surface area contributed by atoms with Crippen molar-refractivity contribution in [3.63, 3.8) is 0 Å². The molecule has 0 aromatic rings. The molecule has 0 spiro atoms. The lowest BCUT2D eigenvalue weighted by Gasteiger charge is -2.28. The number of carbonyl (C=O) groups excluding carboxylic acids is 2. The Labute approximate surface area is 146 Å². The molecule has 0 amide bonds. The summed E-state index contributed by atoms with van der Waals surface area (Å²) in [7, 11) is 0. The molecule has 5 heteroatoms. The minimum Gasteiger partial charge on any atom is -0.460 e. The summed E-state index contributed by atoms with van der Waals surface area (Å²) < 4.78 is 16.8. The lowest BCUT2D eigenvalue weighted by molar-refractivity contribution is -0.170. The molecular formula is C19H34O5. The van der Waals surface area contributed by atoms with E-state index < -0.39 is 11.5 Å². The van der Waals surface area contributed by atoms with E-state index in [1.54, 1.807) is 6.92 Å². The zero-order valence-corrected chi connectivity index (χ0v) is 16.3. The summed E-state index contributed by atoms with van der Waals surface area (Å²) in [5.41, 5.74) is -0.549. The van der Waals surface area contributed by atoms with Gasteiger partial charge < -0.3 is 14.2 Å². The maximum absolute atomic E-state index is 12.3. The van der Waals surface area contributed by atoms with Crippen LogP contribution in [0.5, 0.6) is 0 Å². The fourth-order valence-electron chi connectivity index (χ4n) is 2.41.